The SMILES string of the molecule is CCC(O)(CC)C(=O)N[C@H]1Cc2ccc3c(c2)C2(c4ccccc4NC2O3)c2oc(nc2-c2cnco2)[C@H](C(C)C)NC1=O. The quantitative estimate of drug-likeness (QED) is 0.256. The first-order chi connectivity index (χ1) is 21.2. The van der Waals surface area contributed by atoms with E-state index in [9.17, 15) is 14.7 Å². The van der Waals surface area contributed by atoms with Gasteiger partial charge in [-0.2, -0.15) is 0 Å². The van der Waals surface area contributed by atoms with Crippen LogP contribution in [0.1, 0.15) is 74.9 Å². The number of ether oxygens (including phenoxy) is 1. The zero-order valence-electron chi connectivity index (χ0n) is 25.0. The molecule has 0 radical (unpaired) electrons. The van der Waals surface area contributed by atoms with Gasteiger partial charge in [-0.15, -0.1) is 0 Å². The van der Waals surface area contributed by atoms with Gasteiger partial charge in [-0.05, 0) is 42.0 Å². The highest BCUT2D eigenvalue weighted by Gasteiger charge is 2.61. The van der Waals surface area contributed by atoms with Gasteiger partial charge >= 0.3 is 0 Å². The minimum atomic E-state index is -1.59. The Bertz CT molecular complexity index is 1740. The minimum Gasteiger partial charge on any atom is -0.469 e. The van der Waals surface area contributed by atoms with E-state index in [1.807, 2.05) is 56.3 Å². The van der Waals surface area contributed by atoms with Crippen molar-refractivity contribution in [2.45, 2.75) is 76.3 Å². The van der Waals surface area contributed by atoms with Gasteiger partial charge < -0.3 is 34.6 Å². The number of aromatic nitrogens is 2. The van der Waals surface area contributed by atoms with E-state index in [2.05, 4.69) is 20.9 Å². The summed E-state index contributed by atoms with van der Waals surface area (Å²) < 4.78 is 19.1. The zero-order valence-corrected chi connectivity index (χ0v) is 25.0. The summed E-state index contributed by atoms with van der Waals surface area (Å²) >= 11 is 0. The molecule has 3 aliphatic rings. The van der Waals surface area contributed by atoms with Crippen molar-refractivity contribution in [3.05, 3.63) is 83.4 Å². The molecule has 4 N–H and O–H groups in total. The van der Waals surface area contributed by atoms with Crippen molar-refractivity contribution in [3.63, 3.8) is 0 Å². The molecule has 11 nitrogen and oxygen atoms in total. The predicted molar refractivity (Wildman–Crippen MR) is 160 cm³/mol. The molecule has 5 heterocycles. The molecule has 4 aromatic rings. The number of carbonyl (C=O) groups excluding carboxylic acids is 2. The number of rotatable bonds is 6. The molecule has 1 spiro atoms. The lowest BCUT2D eigenvalue weighted by atomic mass is 9.72. The van der Waals surface area contributed by atoms with Crippen molar-refractivity contribution in [2.75, 3.05) is 5.32 Å². The summed E-state index contributed by atoms with van der Waals surface area (Å²) in [6.45, 7) is 7.41. The molecule has 2 amide bonds. The van der Waals surface area contributed by atoms with Crippen LogP contribution < -0.4 is 20.7 Å². The monoisotopic (exact) mass is 597 g/mol. The Kier molecular flexibility index (Phi) is 6.54. The summed E-state index contributed by atoms with van der Waals surface area (Å²) in [7, 11) is 0. The number of aliphatic hydroxyl groups is 1. The standard InChI is InChI=1S/C33H35N5O6/c1-5-32(41,6-2)30(40)35-22-14-18-11-12-23-20(13-18)33(19-9-7-8-10-21(19)36-31(33)43-23)27-26(24-15-34-16-42-24)38-29(44-27)25(17(3)4)37-28(22)39/h7-13,15-17,22,25,31,36,41H,5-6,14H2,1-4H3,(H,35,40)(H,37,39)/t22-,25-,31?,33?/m0/s1. The molecule has 4 bridgehead atoms. The Balaban J connectivity index is 1.47. The van der Waals surface area contributed by atoms with E-state index in [-0.39, 0.29) is 25.2 Å². The maximum Gasteiger partial charge on any atom is 0.252 e. The second-order valence-corrected chi connectivity index (χ2v) is 12.1. The lowest BCUT2D eigenvalue weighted by Crippen LogP contribution is -2.55. The fourth-order valence-corrected chi connectivity index (χ4v) is 6.67. The number of carbonyl (C=O) groups is 2. The molecular weight excluding hydrogens is 562 g/mol. The molecule has 4 atom stereocenters. The third-order valence-corrected chi connectivity index (χ3v) is 9.30. The molecule has 228 valence electrons. The minimum absolute atomic E-state index is 0.133. The Morgan fingerprint density at radius 2 is 1.95 bits per heavy atom. The largest absolute Gasteiger partial charge is 0.469 e. The number of anilines is 1. The Hall–Kier alpha value is -4.64. The fraction of sp³-hybridized carbons (Fsp3) is 0.394. The maximum absolute atomic E-state index is 14.0. The molecular formula is C33H35N5O6. The second-order valence-electron chi connectivity index (χ2n) is 12.1. The van der Waals surface area contributed by atoms with Crippen LogP contribution in [0.2, 0.25) is 0 Å². The number of para-hydroxylation sites is 1. The number of nitrogens with zero attached hydrogens (tertiary/aromatic N) is 2. The summed E-state index contributed by atoms with van der Waals surface area (Å²) in [6.07, 6.45) is 3.01. The average molecular weight is 598 g/mol. The van der Waals surface area contributed by atoms with Gasteiger partial charge in [-0.1, -0.05) is 58.0 Å². The van der Waals surface area contributed by atoms with Crippen LogP contribution in [0.15, 0.2) is 63.9 Å². The molecule has 7 rings (SSSR count). The molecule has 0 fully saturated rings. The van der Waals surface area contributed by atoms with E-state index in [0.29, 0.717) is 28.9 Å². The van der Waals surface area contributed by atoms with Gasteiger partial charge in [-0.25, -0.2) is 9.97 Å². The van der Waals surface area contributed by atoms with Gasteiger partial charge in [-0.3, -0.25) is 9.59 Å². The Morgan fingerprint density at radius 1 is 1.16 bits per heavy atom. The lowest BCUT2D eigenvalue weighted by Gasteiger charge is -2.30. The van der Waals surface area contributed by atoms with E-state index >= 15 is 0 Å². The van der Waals surface area contributed by atoms with Crippen LogP contribution in [0.3, 0.4) is 0 Å². The summed E-state index contributed by atoms with van der Waals surface area (Å²) in [5.74, 6) is 0.763. The van der Waals surface area contributed by atoms with Crippen LogP contribution in [0.4, 0.5) is 5.69 Å². The predicted octanol–water partition coefficient (Wildman–Crippen LogP) is 4.21. The summed E-state index contributed by atoms with van der Waals surface area (Å²) in [5, 5.41) is 20.4. The molecule has 2 aromatic heterocycles. The maximum atomic E-state index is 14.0. The zero-order chi connectivity index (χ0) is 30.8. The second kappa shape index (κ2) is 10.2. The molecule has 0 saturated heterocycles. The first kappa shape index (κ1) is 28.1. The number of hydrogen-bond donors (Lipinski definition) is 4. The molecule has 3 aliphatic heterocycles. The van der Waals surface area contributed by atoms with Crippen LogP contribution in [0.5, 0.6) is 5.75 Å². The molecule has 44 heavy (non-hydrogen) atoms. The van der Waals surface area contributed by atoms with E-state index in [4.69, 9.17) is 18.6 Å². The van der Waals surface area contributed by atoms with Crippen molar-refractivity contribution in [2.24, 2.45) is 5.92 Å². The number of amides is 2. The van der Waals surface area contributed by atoms with Crippen LogP contribution in [-0.4, -0.2) is 44.8 Å². The molecule has 11 heteroatoms. The first-order valence-corrected chi connectivity index (χ1v) is 15.1. The third-order valence-electron chi connectivity index (χ3n) is 9.30. The van der Waals surface area contributed by atoms with Crippen molar-refractivity contribution in [1.29, 1.82) is 0 Å². The molecule has 2 unspecified atom stereocenters. The highest BCUT2D eigenvalue weighted by atomic mass is 16.5. The smallest absolute Gasteiger partial charge is 0.252 e. The van der Waals surface area contributed by atoms with Gasteiger partial charge in [0.1, 0.15) is 28.8 Å². The Labute approximate surface area is 254 Å². The van der Waals surface area contributed by atoms with Crippen LogP contribution in [0, 0.1) is 5.92 Å². The van der Waals surface area contributed by atoms with Gasteiger partial charge in [0.05, 0.1) is 6.20 Å². The molecule has 0 saturated carbocycles. The molecule has 2 aromatic carbocycles. The van der Waals surface area contributed by atoms with Gasteiger partial charge in [0.2, 0.25) is 11.8 Å². The average Bonchev–Trinajstić information content (AvgIpc) is 3.80. The Morgan fingerprint density at radius 3 is 2.68 bits per heavy atom. The van der Waals surface area contributed by atoms with Gasteiger partial charge in [0, 0.05) is 17.7 Å². The number of nitrogens with one attached hydrogen (secondary N) is 3. The summed E-state index contributed by atoms with van der Waals surface area (Å²) in [4.78, 5) is 36.4. The van der Waals surface area contributed by atoms with Gasteiger partial charge in [0.15, 0.2) is 29.8 Å². The summed E-state index contributed by atoms with van der Waals surface area (Å²) in [6, 6.07) is 12.2. The van der Waals surface area contributed by atoms with E-state index in [1.54, 1.807) is 20.0 Å². The topological polar surface area (TPSA) is 152 Å². The van der Waals surface area contributed by atoms with Crippen molar-refractivity contribution < 1.29 is 28.3 Å². The highest BCUT2D eigenvalue weighted by molar-refractivity contribution is 5.91. The van der Waals surface area contributed by atoms with Gasteiger partial charge in [0.25, 0.3) is 5.91 Å². The van der Waals surface area contributed by atoms with E-state index < -0.39 is 41.1 Å². The fourth-order valence-electron chi connectivity index (χ4n) is 6.67. The van der Waals surface area contributed by atoms with E-state index in [0.717, 1.165) is 22.4 Å². The number of hydrogen-bond acceptors (Lipinski definition) is 9. The third kappa shape index (κ3) is 4.06. The van der Waals surface area contributed by atoms with Crippen LogP contribution in [-0.2, 0) is 21.4 Å². The molecule has 0 aliphatic carbocycles. The van der Waals surface area contributed by atoms with Crippen molar-refractivity contribution >= 4 is 17.5 Å². The highest BCUT2D eigenvalue weighted by Crippen LogP contribution is 2.59. The van der Waals surface area contributed by atoms with Crippen molar-refractivity contribution in [3.8, 4) is 17.2 Å². The lowest BCUT2D eigenvalue weighted by molar-refractivity contribution is -0.143. The number of oxazole rings is 2. The van der Waals surface area contributed by atoms with E-state index in [1.165, 1.54) is 6.39 Å². The van der Waals surface area contributed by atoms with Crippen LogP contribution in [0.25, 0.3) is 11.5 Å². The summed E-state index contributed by atoms with van der Waals surface area (Å²) in [5.41, 5.74) is 1.41. The first-order valence-electron chi connectivity index (χ1n) is 15.1. The normalized spacial score (nSPS) is 23.5. The number of benzene rings is 2. The number of fused-ring (bicyclic) bond motifs is 4. The van der Waals surface area contributed by atoms with Crippen molar-refractivity contribution in [1.82, 2.24) is 20.6 Å². The van der Waals surface area contributed by atoms with Crippen LogP contribution >= 0.6 is 0 Å².